The Hall–Kier alpha value is -0.313. The normalized spacial score (nSPS) is 11.8. The van der Waals surface area contributed by atoms with Gasteiger partial charge in [-0.2, -0.15) is 0 Å². The molecule has 10 heavy (non-hydrogen) atoms. The van der Waals surface area contributed by atoms with Crippen LogP contribution in [-0.4, -0.2) is 14.1 Å². The van der Waals surface area contributed by atoms with Crippen molar-refractivity contribution in [3.63, 3.8) is 0 Å². The van der Waals surface area contributed by atoms with Gasteiger partial charge in [-0.1, -0.05) is 33.5 Å². The second-order valence-corrected chi connectivity index (χ2v) is 8.64. The minimum absolute atomic E-state index is 0.117. The predicted octanol–water partition coefficient (Wildman–Crippen LogP) is 1.59. The maximum atomic E-state index is 11.1. The van der Waals surface area contributed by atoms with Crippen molar-refractivity contribution in [1.29, 1.82) is 0 Å². The number of rotatable bonds is 2. The molecule has 1 amide bonds. The van der Waals surface area contributed by atoms with Crippen LogP contribution >= 0.6 is 0 Å². The van der Waals surface area contributed by atoms with Crippen molar-refractivity contribution in [2.45, 2.75) is 33.5 Å². The van der Waals surface area contributed by atoms with Gasteiger partial charge in [0, 0.05) is 5.92 Å². The zero-order valence-corrected chi connectivity index (χ0v) is 8.49. The van der Waals surface area contributed by atoms with Crippen LogP contribution < -0.4 is 4.98 Å². The molecule has 0 fully saturated rings. The number of hydrogen-bond acceptors (Lipinski definition) is 1. The minimum Gasteiger partial charge on any atom is -0.382 e. The van der Waals surface area contributed by atoms with E-state index in [9.17, 15) is 4.79 Å². The highest BCUT2D eigenvalue weighted by atomic mass is 28.3. The van der Waals surface area contributed by atoms with Gasteiger partial charge in [-0.3, -0.25) is 4.79 Å². The lowest BCUT2D eigenvalue weighted by Crippen LogP contribution is -2.47. The van der Waals surface area contributed by atoms with Crippen molar-refractivity contribution in [1.82, 2.24) is 4.98 Å². The first kappa shape index (κ1) is 9.69. The van der Waals surface area contributed by atoms with Gasteiger partial charge < -0.3 is 4.98 Å². The summed E-state index contributed by atoms with van der Waals surface area (Å²) >= 11 is 0. The van der Waals surface area contributed by atoms with Gasteiger partial charge >= 0.3 is 0 Å². The van der Waals surface area contributed by atoms with Crippen molar-refractivity contribution in [2.75, 3.05) is 0 Å². The van der Waals surface area contributed by atoms with Gasteiger partial charge in [0.25, 0.3) is 0 Å². The fourth-order valence-electron chi connectivity index (χ4n) is 0.514. The van der Waals surface area contributed by atoms with E-state index in [1.807, 2.05) is 13.8 Å². The van der Waals surface area contributed by atoms with Crippen molar-refractivity contribution in [3.05, 3.63) is 0 Å². The molecule has 0 heterocycles. The summed E-state index contributed by atoms with van der Waals surface area (Å²) in [5, 5.41) is 0. The average molecular weight is 159 g/mol. The molecule has 0 aliphatic rings. The third-order valence-corrected chi connectivity index (χ3v) is 2.02. The van der Waals surface area contributed by atoms with Gasteiger partial charge in [-0.15, -0.1) is 0 Å². The van der Waals surface area contributed by atoms with Crippen LogP contribution in [0.5, 0.6) is 0 Å². The van der Waals surface area contributed by atoms with Crippen molar-refractivity contribution < 1.29 is 4.79 Å². The molecule has 0 aliphatic heterocycles. The topological polar surface area (TPSA) is 29.1 Å². The molecule has 0 saturated carbocycles. The molecule has 0 aromatic carbocycles. The van der Waals surface area contributed by atoms with Gasteiger partial charge in [0.05, 0.1) is 0 Å². The smallest absolute Gasteiger partial charge is 0.214 e. The van der Waals surface area contributed by atoms with Gasteiger partial charge in [-0.05, 0) is 0 Å². The quantitative estimate of drug-likeness (QED) is 0.609. The van der Waals surface area contributed by atoms with E-state index in [0.29, 0.717) is 0 Å². The van der Waals surface area contributed by atoms with Crippen LogP contribution in [0.25, 0.3) is 0 Å². The molecule has 3 heteroatoms. The fourth-order valence-corrected chi connectivity index (χ4v) is 1.54. The Morgan fingerprint density at radius 3 is 1.80 bits per heavy atom. The SMILES string of the molecule is CC(C)C(=O)N[Si](C)(C)C. The summed E-state index contributed by atoms with van der Waals surface area (Å²) in [4.78, 5) is 14.1. The molecule has 60 valence electrons. The number of hydrogen-bond donors (Lipinski definition) is 1. The molecule has 0 atom stereocenters. The van der Waals surface area contributed by atoms with Crippen LogP contribution in [0.15, 0.2) is 0 Å². The fraction of sp³-hybridized carbons (Fsp3) is 0.857. The molecular weight excluding hydrogens is 142 g/mol. The maximum absolute atomic E-state index is 11.1. The first-order chi connectivity index (χ1) is 4.33. The Balaban J connectivity index is 3.81. The average Bonchev–Trinajstić information content (AvgIpc) is 1.60. The third-order valence-electron chi connectivity index (χ3n) is 1.02. The molecule has 0 aromatic rings. The zero-order chi connectivity index (χ0) is 8.36. The third kappa shape index (κ3) is 4.55. The maximum Gasteiger partial charge on any atom is 0.214 e. The number of nitrogens with one attached hydrogen (secondary N) is 1. The van der Waals surface area contributed by atoms with Crippen LogP contribution in [0.4, 0.5) is 0 Å². The molecule has 0 radical (unpaired) electrons. The molecular formula is C7H17NOSi. The van der Waals surface area contributed by atoms with Crippen LogP contribution in [-0.2, 0) is 4.79 Å². The van der Waals surface area contributed by atoms with Crippen molar-refractivity contribution in [2.24, 2.45) is 5.92 Å². The summed E-state index contributed by atoms with van der Waals surface area (Å²) in [5.74, 6) is 0.297. The van der Waals surface area contributed by atoms with Crippen molar-refractivity contribution >= 4 is 14.1 Å². The van der Waals surface area contributed by atoms with E-state index in [-0.39, 0.29) is 11.8 Å². The van der Waals surface area contributed by atoms with Gasteiger partial charge in [0.1, 0.15) is 8.24 Å². The van der Waals surface area contributed by atoms with Crippen LogP contribution in [0.1, 0.15) is 13.8 Å². The predicted molar refractivity (Wildman–Crippen MR) is 46.3 cm³/mol. The van der Waals surface area contributed by atoms with Crippen LogP contribution in [0.2, 0.25) is 19.6 Å². The molecule has 0 unspecified atom stereocenters. The first-order valence-electron chi connectivity index (χ1n) is 3.65. The van der Waals surface area contributed by atoms with E-state index in [1.54, 1.807) is 0 Å². The molecule has 2 nitrogen and oxygen atoms in total. The van der Waals surface area contributed by atoms with E-state index in [2.05, 4.69) is 24.6 Å². The molecule has 1 N–H and O–H groups in total. The number of carbonyl (C=O) groups is 1. The lowest BCUT2D eigenvalue weighted by Gasteiger charge is -2.19. The van der Waals surface area contributed by atoms with E-state index in [4.69, 9.17) is 0 Å². The Morgan fingerprint density at radius 2 is 1.70 bits per heavy atom. The standard InChI is InChI=1S/C7H17NOSi/c1-6(2)7(9)8-10(3,4)5/h6H,1-5H3,(H,8,9). The van der Waals surface area contributed by atoms with Crippen LogP contribution in [0, 0.1) is 5.92 Å². The molecule has 0 rings (SSSR count). The van der Waals surface area contributed by atoms with E-state index in [0.717, 1.165) is 0 Å². The van der Waals surface area contributed by atoms with Crippen molar-refractivity contribution in [3.8, 4) is 0 Å². The van der Waals surface area contributed by atoms with E-state index in [1.165, 1.54) is 0 Å². The molecule has 0 bridgehead atoms. The lowest BCUT2D eigenvalue weighted by atomic mass is 10.2. The second kappa shape index (κ2) is 3.19. The lowest BCUT2D eigenvalue weighted by molar-refractivity contribution is -0.122. The molecule has 0 saturated heterocycles. The Kier molecular flexibility index (Phi) is 3.09. The van der Waals surface area contributed by atoms with Gasteiger partial charge in [0.15, 0.2) is 0 Å². The summed E-state index contributed by atoms with van der Waals surface area (Å²) in [6.45, 7) is 10.2. The summed E-state index contributed by atoms with van der Waals surface area (Å²) in [6, 6.07) is 0. The minimum atomic E-state index is -1.38. The summed E-state index contributed by atoms with van der Waals surface area (Å²) in [6.07, 6.45) is 0. The Bertz CT molecular complexity index is 126. The summed E-state index contributed by atoms with van der Waals surface area (Å²) in [7, 11) is -1.38. The Labute approximate surface area is 64.1 Å². The van der Waals surface area contributed by atoms with Gasteiger partial charge in [-0.25, -0.2) is 0 Å². The monoisotopic (exact) mass is 159 g/mol. The van der Waals surface area contributed by atoms with Gasteiger partial charge in [0.2, 0.25) is 5.91 Å². The Morgan fingerprint density at radius 1 is 1.30 bits per heavy atom. The second-order valence-electron chi connectivity index (χ2n) is 3.89. The highest BCUT2D eigenvalue weighted by molar-refractivity contribution is 6.75. The molecule has 0 spiro atoms. The van der Waals surface area contributed by atoms with E-state index >= 15 is 0 Å². The number of carbonyl (C=O) groups excluding carboxylic acids is 1. The molecule has 0 aliphatic carbocycles. The number of amides is 1. The highest BCUT2D eigenvalue weighted by Crippen LogP contribution is 1.98. The molecule has 0 aromatic heterocycles. The van der Waals surface area contributed by atoms with E-state index < -0.39 is 8.24 Å². The summed E-state index contributed by atoms with van der Waals surface area (Å²) in [5.41, 5.74) is 0. The largest absolute Gasteiger partial charge is 0.382 e. The zero-order valence-electron chi connectivity index (χ0n) is 7.49. The van der Waals surface area contributed by atoms with Crippen LogP contribution in [0.3, 0.4) is 0 Å². The summed E-state index contributed by atoms with van der Waals surface area (Å²) < 4.78 is 0. The first-order valence-corrected chi connectivity index (χ1v) is 7.15. The highest BCUT2D eigenvalue weighted by Gasteiger charge is 2.17.